The van der Waals surface area contributed by atoms with Crippen LogP contribution in [-0.2, 0) is 14.4 Å². The topological polar surface area (TPSA) is 113 Å². The minimum absolute atomic E-state index is 0.179. The minimum atomic E-state index is -0.996. The van der Waals surface area contributed by atoms with Gasteiger partial charge in [0, 0.05) is 13.5 Å². The summed E-state index contributed by atoms with van der Waals surface area (Å²) in [6.07, 6.45) is 16.5. The van der Waals surface area contributed by atoms with Crippen LogP contribution in [0.5, 0.6) is 0 Å². The minimum Gasteiger partial charge on any atom is -0.394 e. The molecule has 0 saturated heterocycles. The van der Waals surface area contributed by atoms with Crippen molar-refractivity contribution in [2.45, 2.75) is 103 Å². The van der Waals surface area contributed by atoms with Gasteiger partial charge in [0.05, 0.1) is 13.2 Å². The number of nitrogens with two attached hydrogens (primary N) is 1. The third-order valence-electron chi connectivity index (χ3n) is 5.27. The van der Waals surface area contributed by atoms with Crippen LogP contribution in [-0.4, -0.2) is 54.0 Å². The fourth-order valence-corrected chi connectivity index (χ4v) is 3.32. The van der Waals surface area contributed by atoms with Crippen molar-refractivity contribution in [1.29, 1.82) is 0 Å². The number of unbranched alkanes of at least 4 members (excludes halogenated alkanes) is 12. The average molecular weight is 414 g/mol. The van der Waals surface area contributed by atoms with Crippen LogP contribution in [0.1, 0.15) is 96.8 Å². The van der Waals surface area contributed by atoms with Crippen LogP contribution in [0.3, 0.4) is 0 Å². The molecule has 1 atom stereocenters. The standard InChI is InChI=1S/C22H43N3O4/c1-3-4-5-6-7-8-9-10-11-12-13-14-15-16-21(28)25(2)19(18-26)22(29)24-17-20(23)27/h19,26H,3-18H2,1-2H3,(H2,23,27)(H,24,29). The number of amides is 3. The summed E-state index contributed by atoms with van der Waals surface area (Å²) < 4.78 is 0. The molecule has 0 aliphatic heterocycles. The molecule has 0 heterocycles. The Hall–Kier alpha value is -1.63. The number of aliphatic hydroxyl groups excluding tert-OH is 1. The highest BCUT2D eigenvalue weighted by atomic mass is 16.3. The van der Waals surface area contributed by atoms with Crippen molar-refractivity contribution < 1.29 is 19.5 Å². The van der Waals surface area contributed by atoms with Crippen LogP contribution in [0.4, 0.5) is 0 Å². The molecular weight excluding hydrogens is 370 g/mol. The Balaban J connectivity index is 3.73. The molecule has 0 radical (unpaired) electrons. The van der Waals surface area contributed by atoms with Gasteiger partial charge < -0.3 is 21.1 Å². The van der Waals surface area contributed by atoms with E-state index in [0.29, 0.717) is 6.42 Å². The third kappa shape index (κ3) is 14.9. The molecule has 0 aliphatic carbocycles. The molecule has 4 N–H and O–H groups in total. The van der Waals surface area contributed by atoms with E-state index in [1.54, 1.807) is 0 Å². The monoisotopic (exact) mass is 413 g/mol. The van der Waals surface area contributed by atoms with Crippen LogP contribution < -0.4 is 11.1 Å². The number of aliphatic hydroxyl groups is 1. The maximum atomic E-state index is 12.2. The van der Waals surface area contributed by atoms with Crippen molar-refractivity contribution in [2.24, 2.45) is 5.73 Å². The Morgan fingerprint density at radius 2 is 1.31 bits per heavy atom. The van der Waals surface area contributed by atoms with Gasteiger partial charge in [0.2, 0.25) is 17.7 Å². The molecule has 3 amide bonds. The quantitative estimate of drug-likeness (QED) is 0.283. The van der Waals surface area contributed by atoms with Crippen molar-refractivity contribution in [3.05, 3.63) is 0 Å². The Morgan fingerprint density at radius 1 is 0.862 bits per heavy atom. The van der Waals surface area contributed by atoms with E-state index in [2.05, 4.69) is 12.2 Å². The van der Waals surface area contributed by atoms with Crippen molar-refractivity contribution >= 4 is 17.7 Å². The molecule has 0 saturated carbocycles. The summed E-state index contributed by atoms with van der Waals surface area (Å²) in [4.78, 5) is 36.2. The number of primary amides is 1. The Labute approximate surface area is 176 Å². The first kappa shape index (κ1) is 27.4. The van der Waals surface area contributed by atoms with E-state index in [0.717, 1.165) is 19.3 Å². The molecule has 7 heteroatoms. The molecule has 0 aliphatic rings. The fourth-order valence-electron chi connectivity index (χ4n) is 3.32. The lowest BCUT2D eigenvalue weighted by Crippen LogP contribution is -2.51. The first-order valence-corrected chi connectivity index (χ1v) is 11.4. The van der Waals surface area contributed by atoms with Gasteiger partial charge in [0.25, 0.3) is 0 Å². The van der Waals surface area contributed by atoms with Crippen LogP contribution in [0.15, 0.2) is 0 Å². The second-order valence-electron chi connectivity index (χ2n) is 7.88. The van der Waals surface area contributed by atoms with Crippen LogP contribution in [0.2, 0.25) is 0 Å². The number of likely N-dealkylation sites (N-methyl/N-ethyl adjacent to an activating group) is 1. The molecule has 1 unspecified atom stereocenters. The van der Waals surface area contributed by atoms with E-state index in [-0.39, 0.29) is 12.5 Å². The van der Waals surface area contributed by atoms with Gasteiger partial charge in [0.15, 0.2) is 0 Å². The molecule has 0 rings (SSSR count). The third-order valence-corrected chi connectivity index (χ3v) is 5.27. The Morgan fingerprint density at radius 3 is 1.72 bits per heavy atom. The predicted molar refractivity (Wildman–Crippen MR) is 116 cm³/mol. The summed E-state index contributed by atoms with van der Waals surface area (Å²) in [6, 6.07) is -0.996. The number of carbonyl (C=O) groups is 3. The van der Waals surface area contributed by atoms with Crippen molar-refractivity contribution in [3.63, 3.8) is 0 Å². The molecule has 29 heavy (non-hydrogen) atoms. The maximum absolute atomic E-state index is 12.2. The predicted octanol–water partition coefficient (Wildman–Crippen LogP) is 2.89. The van der Waals surface area contributed by atoms with Gasteiger partial charge in [0.1, 0.15) is 6.04 Å². The van der Waals surface area contributed by atoms with Gasteiger partial charge in [-0.1, -0.05) is 84.0 Å². The smallest absolute Gasteiger partial charge is 0.245 e. The molecule has 0 aromatic carbocycles. The molecule has 0 aromatic rings. The zero-order valence-corrected chi connectivity index (χ0v) is 18.6. The average Bonchev–Trinajstić information content (AvgIpc) is 2.70. The molecule has 170 valence electrons. The van der Waals surface area contributed by atoms with E-state index >= 15 is 0 Å². The van der Waals surface area contributed by atoms with Crippen LogP contribution >= 0.6 is 0 Å². The SMILES string of the molecule is CCCCCCCCCCCCCCCC(=O)N(C)C(CO)C(=O)NCC(N)=O. The van der Waals surface area contributed by atoms with E-state index in [4.69, 9.17) is 5.73 Å². The summed E-state index contributed by atoms with van der Waals surface area (Å²) in [7, 11) is 1.50. The lowest BCUT2D eigenvalue weighted by atomic mass is 10.0. The maximum Gasteiger partial charge on any atom is 0.245 e. The number of rotatable bonds is 19. The molecule has 7 nitrogen and oxygen atoms in total. The fraction of sp³-hybridized carbons (Fsp3) is 0.864. The van der Waals surface area contributed by atoms with Gasteiger partial charge >= 0.3 is 0 Å². The zero-order valence-electron chi connectivity index (χ0n) is 18.6. The van der Waals surface area contributed by atoms with E-state index in [1.165, 1.54) is 76.2 Å². The second kappa shape index (κ2) is 18.4. The summed E-state index contributed by atoms with van der Waals surface area (Å²) in [5.74, 6) is -1.43. The number of nitrogens with one attached hydrogen (secondary N) is 1. The van der Waals surface area contributed by atoms with E-state index < -0.39 is 24.5 Å². The van der Waals surface area contributed by atoms with Gasteiger partial charge in [-0.05, 0) is 6.42 Å². The lowest BCUT2D eigenvalue weighted by Gasteiger charge is -2.25. The molecular formula is C22H43N3O4. The van der Waals surface area contributed by atoms with Gasteiger partial charge in [-0.2, -0.15) is 0 Å². The van der Waals surface area contributed by atoms with E-state index in [9.17, 15) is 19.5 Å². The molecule has 0 spiro atoms. The van der Waals surface area contributed by atoms with Crippen LogP contribution in [0, 0.1) is 0 Å². The Kier molecular flexibility index (Phi) is 17.4. The first-order valence-electron chi connectivity index (χ1n) is 11.4. The largest absolute Gasteiger partial charge is 0.394 e. The highest BCUT2D eigenvalue weighted by Gasteiger charge is 2.25. The summed E-state index contributed by atoms with van der Waals surface area (Å²) in [5.41, 5.74) is 4.98. The summed E-state index contributed by atoms with van der Waals surface area (Å²) in [5, 5.41) is 11.7. The first-order chi connectivity index (χ1) is 13.9. The van der Waals surface area contributed by atoms with Crippen molar-refractivity contribution in [1.82, 2.24) is 10.2 Å². The highest BCUT2D eigenvalue weighted by Crippen LogP contribution is 2.13. The van der Waals surface area contributed by atoms with Crippen molar-refractivity contribution in [2.75, 3.05) is 20.2 Å². The molecule has 0 fully saturated rings. The number of nitrogens with zero attached hydrogens (tertiary/aromatic N) is 1. The highest BCUT2D eigenvalue weighted by molar-refractivity contribution is 5.90. The summed E-state index contributed by atoms with van der Waals surface area (Å²) in [6.45, 7) is 1.44. The van der Waals surface area contributed by atoms with Gasteiger partial charge in [-0.25, -0.2) is 0 Å². The van der Waals surface area contributed by atoms with Gasteiger partial charge in [-0.15, -0.1) is 0 Å². The molecule has 0 bridgehead atoms. The number of carbonyl (C=O) groups excluding carboxylic acids is 3. The summed E-state index contributed by atoms with van der Waals surface area (Å²) >= 11 is 0. The molecule has 0 aromatic heterocycles. The number of hydrogen-bond acceptors (Lipinski definition) is 4. The normalized spacial score (nSPS) is 11.8. The van der Waals surface area contributed by atoms with Gasteiger partial charge in [-0.3, -0.25) is 14.4 Å². The Bertz CT molecular complexity index is 457. The number of hydrogen-bond donors (Lipinski definition) is 3. The second-order valence-corrected chi connectivity index (χ2v) is 7.88. The van der Waals surface area contributed by atoms with Crippen molar-refractivity contribution in [3.8, 4) is 0 Å². The van der Waals surface area contributed by atoms with Crippen LogP contribution in [0.25, 0.3) is 0 Å². The van der Waals surface area contributed by atoms with E-state index in [1.807, 2.05) is 0 Å². The zero-order chi connectivity index (χ0) is 21.9. The lowest BCUT2D eigenvalue weighted by molar-refractivity contribution is -0.140.